The summed E-state index contributed by atoms with van der Waals surface area (Å²) in [5, 5.41) is 13.4. The monoisotopic (exact) mass is 422 g/mol. The van der Waals surface area contributed by atoms with Gasteiger partial charge < -0.3 is 14.9 Å². The minimum Gasteiger partial charge on any atom is -0.465 e. The van der Waals surface area contributed by atoms with Gasteiger partial charge in [0.2, 0.25) is 5.91 Å². The van der Waals surface area contributed by atoms with E-state index in [0.29, 0.717) is 26.1 Å². The standard InChI is InChI=1S/C21H30N2O3S2/c1-21(2,3)23(20(25)26)12-6-4-5-11-19(24)22(15-17-9-7-13-27-17)16-18-10-8-14-28-18/h7-10,13-14H,4-6,11-12,15-16H2,1-3H3,(H,25,26). The zero-order valence-corrected chi connectivity index (χ0v) is 18.5. The summed E-state index contributed by atoms with van der Waals surface area (Å²) in [6, 6.07) is 8.15. The maximum absolute atomic E-state index is 12.8. The molecule has 2 aromatic heterocycles. The predicted molar refractivity (Wildman–Crippen MR) is 116 cm³/mol. The number of hydrogen-bond donors (Lipinski definition) is 1. The molecular formula is C21H30N2O3S2. The smallest absolute Gasteiger partial charge is 0.407 e. The van der Waals surface area contributed by atoms with Gasteiger partial charge in [-0.25, -0.2) is 4.79 Å². The largest absolute Gasteiger partial charge is 0.465 e. The Bertz CT molecular complexity index is 685. The van der Waals surface area contributed by atoms with Crippen LogP contribution in [0.4, 0.5) is 4.79 Å². The topological polar surface area (TPSA) is 60.9 Å². The molecule has 0 saturated carbocycles. The van der Waals surface area contributed by atoms with Crippen LogP contribution in [0.5, 0.6) is 0 Å². The molecule has 0 unspecified atom stereocenters. The van der Waals surface area contributed by atoms with Gasteiger partial charge in [0.15, 0.2) is 0 Å². The van der Waals surface area contributed by atoms with Crippen LogP contribution >= 0.6 is 22.7 Å². The first-order chi connectivity index (χ1) is 13.3. The molecule has 2 rings (SSSR count). The van der Waals surface area contributed by atoms with Crippen LogP contribution in [0.1, 0.15) is 56.2 Å². The summed E-state index contributed by atoms with van der Waals surface area (Å²) < 4.78 is 0. The highest BCUT2D eigenvalue weighted by atomic mass is 32.1. The minimum atomic E-state index is -0.887. The van der Waals surface area contributed by atoms with Crippen LogP contribution < -0.4 is 0 Å². The van der Waals surface area contributed by atoms with E-state index in [9.17, 15) is 14.7 Å². The number of hydrogen-bond acceptors (Lipinski definition) is 4. The molecule has 0 aliphatic rings. The van der Waals surface area contributed by atoms with E-state index in [1.807, 2.05) is 48.6 Å². The number of amides is 2. The Morgan fingerprint density at radius 3 is 1.96 bits per heavy atom. The highest BCUT2D eigenvalue weighted by Gasteiger charge is 2.25. The molecule has 5 nitrogen and oxygen atoms in total. The number of carbonyl (C=O) groups is 2. The summed E-state index contributed by atoms with van der Waals surface area (Å²) in [7, 11) is 0. The lowest BCUT2D eigenvalue weighted by molar-refractivity contribution is -0.132. The van der Waals surface area contributed by atoms with Crippen molar-refractivity contribution in [2.24, 2.45) is 0 Å². The molecule has 0 fully saturated rings. The molecule has 0 aromatic carbocycles. The van der Waals surface area contributed by atoms with Crippen LogP contribution in [0.2, 0.25) is 0 Å². The fraction of sp³-hybridized carbons (Fsp3) is 0.524. The number of rotatable bonds is 10. The Kier molecular flexibility index (Phi) is 8.51. The van der Waals surface area contributed by atoms with Crippen molar-refractivity contribution in [3.63, 3.8) is 0 Å². The predicted octanol–water partition coefficient (Wildman–Crippen LogP) is 5.68. The average molecular weight is 423 g/mol. The van der Waals surface area contributed by atoms with Crippen LogP contribution in [0.15, 0.2) is 35.0 Å². The van der Waals surface area contributed by atoms with E-state index in [4.69, 9.17) is 0 Å². The van der Waals surface area contributed by atoms with Gasteiger partial charge in [0.25, 0.3) is 0 Å². The van der Waals surface area contributed by atoms with Crippen molar-refractivity contribution in [3.8, 4) is 0 Å². The summed E-state index contributed by atoms with van der Waals surface area (Å²) in [6.07, 6.45) is 2.01. The molecular weight excluding hydrogens is 392 g/mol. The molecule has 2 heterocycles. The van der Waals surface area contributed by atoms with Crippen LogP contribution in [0, 0.1) is 0 Å². The zero-order chi connectivity index (χ0) is 20.6. The van der Waals surface area contributed by atoms with Gasteiger partial charge in [-0.1, -0.05) is 18.6 Å². The number of thiophene rings is 2. The van der Waals surface area contributed by atoms with E-state index in [-0.39, 0.29) is 5.91 Å². The number of unbranched alkanes of at least 4 members (excludes halogenated alkanes) is 2. The molecule has 154 valence electrons. The zero-order valence-electron chi connectivity index (χ0n) is 16.9. The lowest BCUT2D eigenvalue weighted by atomic mass is 10.1. The number of carbonyl (C=O) groups excluding carboxylic acids is 1. The van der Waals surface area contributed by atoms with Gasteiger partial charge in [-0.3, -0.25) is 4.79 Å². The molecule has 7 heteroatoms. The Balaban J connectivity index is 1.81. The first-order valence-electron chi connectivity index (χ1n) is 9.60. The van der Waals surface area contributed by atoms with Gasteiger partial charge in [-0.2, -0.15) is 0 Å². The van der Waals surface area contributed by atoms with E-state index in [1.54, 1.807) is 22.7 Å². The Hall–Kier alpha value is -1.86. The molecule has 1 N–H and O–H groups in total. The Morgan fingerprint density at radius 1 is 0.964 bits per heavy atom. The Labute approximate surface area is 175 Å². The van der Waals surface area contributed by atoms with Gasteiger partial charge in [0.1, 0.15) is 0 Å². The van der Waals surface area contributed by atoms with Crippen LogP contribution in [0.3, 0.4) is 0 Å². The molecule has 0 bridgehead atoms. The lowest BCUT2D eigenvalue weighted by Crippen LogP contribution is -2.45. The third-order valence-electron chi connectivity index (χ3n) is 4.52. The van der Waals surface area contributed by atoms with Gasteiger partial charge in [0, 0.05) is 28.3 Å². The molecule has 0 aliphatic carbocycles. The summed E-state index contributed by atoms with van der Waals surface area (Å²) in [5.74, 6) is 0.160. The third kappa shape index (κ3) is 7.28. The van der Waals surface area contributed by atoms with Crippen molar-refractivity contribution in [3.05, 3.63) is 44.8 Å². The van der Waals surface area contributed by atoms with Crippen molar-refractivity contribution in [1.82, 2.24) is 9.80 Å². The second-order valence-corrected chi connectivity index (χ2v) is 9.89. The molecule has 0 aliphatic heterocycles. The fourth-order valence-corrected chi connectivity index (χ4v) is 4.45. The van der Waals surface area contributed by atoms with Crippen LogP contribution in [-0.2, 0) is 17.9 Å². The normalized spacial score (nSPS) is 11.4. The highest BCUT2D eigenvalue weighted by Crippen LogP contribution is 2.19. The van der Waals surface area contributed by atoms with Gasteiger partial charge in [-0.15, -0.1) is 22.7 Å². The number of nitrogens with zero attached hydrogens (tertiary/aromatic N) is 2. The van der Waals surface area contributed by atoms with Crippen molar-refractivity contribution in [2.45, 2.75) is 65.1 Å². The van der Waals surface area contributed by atoms with Crippen molar-refractivity contribution >= 4 is 34.7 Å². The van der Waals surface area contributed by atoms with E-state index in [1.165, 1.54) is 14.7 Å². The molecule has 0 saturated heterocycles. The highest BCUT2D eigenvalue weighted by molar-refractivity contribution is 7.10. The average Bonchev–Trinajstić information content (AvgIpc) is 3.29. The van der Waals surface area contributed by atoms with E-state index in [2.05, 4.69) is 12.1 Å². The second kappa shape index (κ2) is 10.6. The quantitative estimate of drug-likeness (QED) is 0.501. The fourth-order valence-electron chi connectivity index (χ4n) is 3.01. The van der Waals surface area contributed by atoms with E-state index >= 15 is 0 Å². The molecule has 2 aromatic rings. The molecule has 28 heavy (non-hydrogen) atoms. The van der Waals surface area contributed by atoms with Gasteiger partial charge >= 0.3 is 6.09 Å². The first-order valence-corrected chi connectivity index (χ1v) is 11.4. The minimum absolute atomic E-state index is 0.160. The van der Waals surface area contributed by atoms with Gasteiger partial charge in [-0.05, 0) is 56.5 Å². The van der Waals surface area contributed by atoms with Crippen molar-refractivity contribution in [1.29, 1.82) is 0 Å². The lowest BCUT2D eigenvalue weighted by Gasteiger charge is -2.33. The summed E-state index contributed by atoms with van der Waals surface area (Å²) >= 11 is 3.34. The van der Waals surface area contributed by atoms with Gasteiger partial charge in [0.05, 0.1) is 13.1 Å². The maximum atomic E-state index is 12.8. The van der Waals surface area contributed by atoms with E-state index < -0.39 is 11.6 Å². The molecule has 0 radical (unpaired) electrons. The van der Waals surface area contributed by atoms with Crippen molar-refractivity contribution < 1.29 is 14.7 Å². The Morgan fingerprint density at radius 2 is 1.54 bits per heavy atom. The first kappa shape index (κ1) is 22.4. The maximum Gasteiger partial charge on any atom is 0.407 e. The van der Waals surface area contributed by atoms with Crippen molar-refractivity contribution in [2.75, 3.05) is 6.54 Å². The molecule has 0 atom stereocenters. The van der Waals surface area contributed by atoms with Crippen LogP contribution in [0.25, 0.3) is 0 Å². The molecule has 0 spiro atoms. The van der Waals surface area contributed by atoms with Crippen LogP contribution in [-0.4, -0.2) is 39.0 Å². The van der Waals surface area contributed by atoms with E-state index in [0.717, 1.165) is 19.3 Å². The summed E-state index contributed by atoms with van der Waals surface area (Å²) in [4.78, 5) is 29.9. The number of carboxylic acid groups (broad SMARTS) is 1. The second-order valence-electron chi connectivity index (χ2n) is 7.82. The summed E-state index contributed by atoms with van der Waals surface area (Å²) in [6.45, 7) is 7.49. The third-order valence-corrected chi connectivity index (χ3v) is 6.24. The molecule has 2 amide bonds. The summed E-state index contributed by atoms with van der Waals surface area (Å²) in [5.41, 5.74) is -0.403. The SMILES string of the molecule is CC(C)(C)N(CCCCCC(=O)N(Cc1cccs1)Cc1cccs1)C(=O)O.